The maximum absolute atomic E-state index is 11.6. The third kappa shape index (κ3) is 5.06. The number of nitriles is 1. The average molecular weight is 291 g/mol. The minimum absolute atomic E-state index is 0.0512. The van der Waals surface area contributed by atoms with Gasteiger partial charge < -0.3 is 10.6 Å². The summed E-state index contributed by atoms with van der Waals surface area (Å²) in [7, 11) is 0. The van der Waals surface area contributed by atoms with Gasteiger partial charge in [-0.05, 0) is 13.3 Å². The highest BCUT2D eigenvalue weighted by atomic mass is 16.6. The molecule has 1 amide bonds. The Labute approximate surface area is 122 Å². The quantitative estimate of drug-likeness (QED) is 0.581. The van der Waals surface area contributed by atoms with Gasteiger partial charge in [-0.1, -0.05) is 6.92 Å². The van der Waals surface area contributed by atoms with E-state index in [0.717, 1.165) is 12.5 Å². The number of nitrogens with zero attached hydrogens (tertiary/aromatic N) is 3. The molecule has 1 aromatic heterocycles. The van der Waals surface area contributed by atoms with Crippen LogP contribution in [0, 0.1) is 21.4 Å². The molecule has 1 heterocycles. The van der Waals surface area contributed by atoms with Crippen LogP contribution in [0.2, 0.25) is 0 Å². The molecule has 2 N–H and O–H groups in total. The highest BCUT2D eigenvalue weighted by Crippen LogP contribution is 2.22. The number of aromatic nitrogens is 1. The van der Waals surface area contributed by atoms with Crippen LogP contribution in [-0.4, -0.2) is 28.4 Å². The van der Waals surface area contributed by atoms with E-state index in [0.29, 0.717) is 0 Å². The van der Waals surface area contributed by atoms with Crippen molar-refractivity contribution in [1.82, 2.24) is 10.3 Å². The number of hydrogen-bond acceptors (Lipinski definition) is 6. The topological polar surface area (TPSA) is 121 Å². The van der Waals surface area contributed by atoms with Gasteiger partial charge in [0.05, 0.1) is 10.5 Å². The van der Waals surface area contributed by atoms with Gasteiger partial charge in [-0.25, -0.2) is 4.98 Å². The van der Waals surface area contributed by atoms with Gasteiger partial charge in [0.1, 0.15) is 6.07 Å². The van der Waals surface area contributed by atoms with E-state index in [-0.39, 0.29) is 42.0 Å². The SMILES string of the molecule is CCC(C)NC(=O)CCNc1ncc(C#N)cc1[N+](=O)[O-]. The van der Waals surface area contributed by atoms with Gasteiger partial charge in [-0.3, -0.25) is 14.9 Å². The van der Waals surface area contributed by atoms with Crippen LogP contribution in [0.3, 0.4) is 0 Å². The summed E-state index contributed by atoms with van der Waals surface area (Å²) in [6, 6.07) is 3.04. The summed E-state index contributed by atoms with van der Waals surface area (Å²) in [6.45, 7) is 4.09. The lowest BCUT2D eigenvalue weighted by Gasteiger charge is -2.11. The number of carbonyl (C=O) groups is 1. The van der Waals surface area contributed by atoms with E-state index in [1.807, 2.05) is 13.8 Å². The second-order valence-corrected chi connectivity index (χ2v) is 4.51. The normalized spacial score (nSPS) is 11.3. The first-order valence-corrected chi connectivity index (χ1v) is 6.55. The summed E-state index contributed by atoms with van der Waals surface area (Å²) in [5.74, 6) is -0.0801. The minimum Gasteiger partial charge on any atom is -0.364 e. The molecule has 0 aliphatic carbocycles. The molecule has 8 heteroatoms. The van der Waals surface area contributed by atoms with E-state index in [4.69, 9.17) is 5.26 Å². The van der Waals surface area contributed by atoms with Gasteiger partial charge in [0.15, 0.2) is 0 Å². The Morgan fingerprint density at radius 1 is 1.62 bits per heavy atom. The van der Waals surface area contributed by atoms with Crippen molar-refractivity contribution in [2.75, 3.05) is 11.9 Å². The lowest BCUT2D eigenvalue weighted by Crippen LogP contribution is -2.33. The van der Waals surface area contributed by atoms with E-state index in [1.54, 1.807) is 6.07 Å². The highest BCUT2D eigenvalue weighted by molar-refractivity contribution is 5.76. The third-order valence-electron chi connectivity index (χ3n) is 2.86. The van der Waals surface area contributed by atoms with Crippen LogP contribution in [0.1, 0.15) is 32.3 Å². The zero-order valence-corrected chi connectivity index (χ0v) is 11.9. The first-order chi connectivity index (χ1) is 9.97. The molecule has 1 rings (SSSR count). The van der Waals surface area contributed by atoms with Crippen molar-refractivity contribution in [1.29, 1.82) is 5.26 Å². The summed E-state index contributed by atoms with van der Waals surface area (Å²) in [5, 5.41) is 25.2. The molecule has 0 aromatic carbocycles. The summed E-state index contributed by atoms with van der Waals surface area (Å²) in [4.78, 5) is 25.7. The molecule has 112 valence electrons. The van der Waals surface area contributed by atoms with Crippen LogP contribution in [0.4, 0.5) is 11.5 Å². The Hall–Kier alpha value is -2.69. The van der Waals surface area contributed by atoms with Crippen LogP contribution < -0.4 is 10.6 Å². The van der Waals surface area contributed by atoms with Crippen molar-refractivity contribution in [3.05, 3.63) is 27.9 Å². The molecule has 0 saturated heterocycles. The van der Waals surface area contributed by atoms with Crippen LogP contribution in [0.15, 0.2) is 12.3 Å². The molecule has 1 aromatic rings. The monoisotopic (exact) mass is 291 g/mol. The molecular formula is C13H17N5O3. The van der Waals surface area contributed by atoms with Crippen molar-refractivity contribution in [2.45, 2.75) is 32.7 Å². The summed E-state index contributed by atoms with van der Waals surface area (Å²) < 4.78 is 0. The minimum atomic E-state index is -0.616. The van der Waals surface area contributed by atoms with Crippen molar-refractivity contribution in [3.8, 4) is 6.07 Å². The summed E-state index contributed by atoms with van der Waals surface area (Å²) in [6.07, 6.45) is 2.26. The lowest BCUT2D eigenvalue weighted by atomic mass is 10.2. The van der Waals surface area contributed by atoms with Gasteiger partial charge in [-0.15, -0.1) is 0 Å². The fraction of sp³-hybridized carbons (Fsp3) is 0.462. The average Bonchev–Trinajstić information content (AvgIpc) is 2.47. The van der Waals surface area contributed by atoms with Crippen molar-refractivity contribution in [2.24, 2.45) is 0 Å². The number of rotatable bonds is 7. The van der Waals surface area contributed by atoms with Gasteiger partial charge in [0.25, 0.3) is 0 Å². The first-order valence-electron chi connectivity index (χ1n) is 6.55. The molecule has 0 saturated carbocycles. The van der Waals surface area contributed by atoms with E-state index >= 15 is 0 Å². The summed E-state index contributed by atoms with van der Waals surface area (Å²) >= 11 is 0. The number of hydrogen-bond donors (Lipinski definition) is 2. The lowest BCUT2D eigenvalue weighted by molar-refractivity contribution is -0.384. The number of pyridine rings is 1. The fourth-order valence-corrected chi connectivity index (χ4v) is 1.53. The number of anilines is 1. The molecule has 0 fully saturated rings. The maximum atomic E-state index is 11.6. The van der Waals surface area contributed by atoms with Gasteiger partial charge in [0.2, 0.25) is 11.7 Å². The Balaban J connectivity index is 2.62. The number of nitrogens with one attached hydrogen (secondary N) is 2. The number of carbonyl (C=O) groups excluding carboxylic acids is 1. The Kier molecular flexibility index (Phi) is 6.07. The molecular weight excluding hydrogens is 274 g/mol. The van der Waals surface area contributed by atoms with Crippen molar-refractivity contribution in [3.63, 3.8) is 0 Å². The van der Waals surface area contributed by atoms with Crippen LogP contribution >= 0.6 is 0 Å². The Morgan fingerprint density at radius 3 is 2.90 bits per heavy atom. The maximum Gasteiger partial charge on any atom is 0.312 e. The van der Waals surface area contributed by atoms with Gasteiger partial charge in [0, 0.05) is 31.3 Å². The molecule has 0 bridgehead atoms. The van der Waals surface area contributed by atoms with Crippen LogP contribution in [-0.2, 0) is 4.79 Å². The Morgan fingerprint density at radius 2 is 2.33 bits per heavy atom. The smallest absolute Gasteiger partial charge is 0.312 e. The molecule has 21 heavy (non-hydrogen) atoms. The molecule has 8 nitrogen and oxygen atoms in total. The number of nitro groups is 1. The summed E-state index contributed by atoms with van der Waals surface area (Å²) in [5.41, 5.74) is -0.168. The van der Waals surface area contributed by atoms with Crippen molar-refractivity contribution < 1.29 is 9.72 Å². The highest BCUT2D eigenvalue weighted by Gasteiger charge is 2.16. The molecule has 0 spiro atoms. The molecule has 1 atom stereocenters. The Bertz CT molecular complexity index is 567. The largest absolute Gasteiger partial charge is 0.364 e. The standard InChI is InChI=1S/C13H17N5O3/c1-3-9(2)17-12(19)4-5-15-13-11(18(20)21)6-10(7-14)8-16-13/h6,8-9H,3-5H2,1-2H3,(H,15,16)(H,17,19). The third-order valence-corrected chi connectivity index (χ3v) is 2.86. The molecule has 0 aliphatic heterocycles. The van der Waals surface area contributed by atoms with E-state index < -0.39 is 4.92 Å². The predicted octanol–water partition coefficient (Wildman–Crippen LogP) is 1.58. The van der Waals surface area contributed by atoms with Crippen molar-refractivity contribution >= 4 is 17.4 Å². The van der Waals surface area contributed by atoms with E-state index in [1.165, 1.54) is 6.20 Å². The van der Waals surface area contributed by atoms with Crippen LogP contribution in [0.5, 0.6) is 0 Å². The molecule has 0 radical (unpaired) electrons. The van der Waals surface area contributed by atoms with Gasteiger partial charge >= 0.3 is 5.69 Å². The number of amides is 1. The second kappa shape index (κ2) is 7.79. The van der Waals surface area contributed by atoms with Crippen LogP contribution in [0.25, 0.3) is 0 Å². The zero-order chi connectivity index (χ0) is 15.8. The molecule has 1 unspecified atom stereocenters. The van der Waals surface area contributed by atoms with E-state index in [2.05, 4.69) is 15.6 Å². The predicted molar refractivity (Wildman–Crippen MR) is 76.6 cm³/mol. The second-order valence-electron chi connectivity index (χ2n) is 4.51. The fourth-order valence-electron chi connectivity index (χ4n) is 1.53. The van der Waals surface area contributed by atoms with E-state index in [9.17, 15) is 14.9 Å². The molecule has 0 aliphatic rings. The van der Waals surface area contributed by atoms with Gasteiger partial charge in [-0.2, -0.15) is 5.26 Å². The zero-order valence-electron chi connectivity index (χ0n) is 11.9. The first kappa shape index (κ1) is 16.4.